The zero-order chi connectivity index (χ0) is 14.0. The van der Waals surface area contributed by atoms with E-state index in [1.807, 2.05) is 24.3 Å². The molecule has 1 saturated heterocycles. The highest BCUT2D eigenvalue weighted by atomic mass is 19.1. The van der Waals surface area contributed by atoms with E-state index in [2.05, 4.69) is 24.4 Å². The molecular weight excluding hydrogens is 253 g/mol. The summed E-state index contributed by atoms with van der Waals surface area (Å²) in [5.41, 5.74) is 1.90. The minimum Gasteiger partial charge on any atom is -0.370 e. The normalized spacial score (nSPS) is 26.4. The van der Waals surface area contributed by atoms with Crippen molar-refractivity contribution in [1.82, 2.24) is 5.32 Å². The molecule has 0 spiro atoms. The minimum atomic E-state index is -0.220. The first kappa shape index (κ1) is 13.3. The van der Waals surface area contributed by atoms with Crippen molar-refractivity contribution >= 4 is 0 Å². The molecule has 0 bridgehead atoms. The summed E-state index contributed by atoms with van der Waals surface area (Å²) in [6.07, 6.45) is -0.0949. The maximum atomic E-state index is 13.3. The van der Waals surface area contributed by atoms with Crippen LogP contribution in [0.15, 0.2) is 54.6 Å². The highest BCUT2D eigenvalue weighted by molar-refractivity contribution is 5.26. The molecule has 1 aliphatic heterocycles. The maximum Gasteiger partial charge on any atom is 0.123 e. The molecule has 2 atom stereocenters. The Balaban J connectivity index is 1.74. The molecule has 104 valence electrons. The summed E-state index contributed by atoms with van der Waals surface area (Å²) in [6, 6.07) is 16.9. The third-order valence-corrected chi connectivity index (χ3v) is 3.88. The van der Waals surface area contributed by atoms with Crippen molar-refractivity contribution in [3.63, 3.8) is 0 Å². The molecule has 0 aliphatic carbocycles. The van der Waals surface area contributed by atoms with Crippen LogP contribution in [0.4, 0.5) is 4.39 Å². The molecule has 0 aromatic heterocycles. The number of nitrogens with one attached hydrogen (secondary N) is 1. The second-order valence-electron chi connectivity index (χ2n) is 5.43. The van der Waals surface area contributed by atoms with Crippen molar-refractivity contribution in [2.45, 2.75) is 18.6 Å². The van der Waals surface area contributed by atoms with Crippen LogP contribution in [-0.2, 0) is 10.3 Å². The van der Waals surface area contributed by atoms with Crippen LogP contribution in [-0.4, -0.2) is 13.2 Å². The summed E-state index contributed by atoms with van der Waals surface area (Å²) in [5, 5.41) is 3.53. The number of morpholine rings is 1. The van der Waals surface area contributed by atoms with Gasteiger partial charge >= 0.3 is 0 Å². The molecule has 0 saturated carbocycles. The number of benzene rings is 2. The molecule has 1 aliphatic rings. The van der Waals surface area contributed by atoms with E-state index in [1.54, 1.807) is 6.07 Å². The maximum absolute atomic E-state index is 13.3. The van der Waals surface area contributed by atoms with Gasteiger partial charge in [-0.2, -0.15) is 0 Å². The quantitative estimate of drug-likeness (QED) is 0.904. The van der Waals surface area contributed by atoms with Crippen molar-refractivity contribution in [3.05, 3.63) is 71.5 Å². The van der Waals surface area contributed by atoms with Gasteiger partial charge in [0.25, 0.3) is 0 Å². The number of ether oxygens (including phenoxy) is 1. The van der Waals surface area contributed by atoms with E-state index in [4.69, 9.17) is 4.74 Å². The molecule has 2 aromatic rings. The monoisotopic (exact) mass is 271 g/mol. The first-order valence-electron chi connectivity index (χ1n) is 6.85. The van der Waals surface area contributed by atoms with Crippen molar-refractivity contribution < 1.29 is 9.13 Å². The summed E-state index contributed by atoms with van der Waals surface area (Å²) < 4.78 is 19.2. The summed E-state index contributed by atoms with van der Waals surface area (Å²) in [7, 11) is 0. The van der Waals surface area contributed by atoms with Crippen molar-refractivity contribution in [1.29, 1.82) is 0 Å². The second-order valence-corrected chi connectivity index (χ2v) is 5.43. The standard InChI is InChI=1S/C17H18FNO/c1-17(14-7-3-2-4-8-14)12-20-16(11-19-17)13-6-5-9-15(18)10-13/h2-10,16,19H,11-12H2,1H3. The Hall–Kier alpha value is -1.71. The largest absolute Gasteiger partial charge is 0.370 e. The third-order valence-electron chi connectivity index (χ3n) is 3.88. The zero-order valence-electron chi connectivity index (χ0n) is 11.5. The van der Waals surface area contributed by atoms with E-state index in [-0.39, 0.29) is 17.5 Å². The van der Waals surface area contributed by atoms with Crippen molar-refractivity contribution in [3.8, 4) is 0 Å². The number of rotatable bonds is 2. The third kappa shape index (κ3) is 2.60. The van der Waals surface area contributed by atoms with Crippen LogP contribution < -0.4 is 5.32 Å². The molecule has 1 N–H and O–H groups in total. The highest BCUT2D eigenvalue weighted by Crippen LogP contribution is 2.30. The van der Waals surface area contributed by atoms with E-state index in [1.165, 1.54) is 17.7 Å². The van der Waals surface area contributed by atoms with E-state index >= 15 is 0 Å². The topological polar surface area (TPSA) is 21.3 Å². The van der Waals surface area contributed by atoms with Gasteiger partial charge in [0.2, 0.25) is 0 Å². The molecule has 2 aromatic carbocycles. The molecule has 1 heterocycles. The lowest BCUT2D eigenvalue weighted by Gasteiger charge is -2.39. The molecule has 3 heteroatoms. The Morgan fingerprint density at radius 1 is 1.15 bits per heavy atom. The minimum absolute atomic E-state index is 0.0949. The van der Waals surface area contributed by atoms with E-state index in [9.17, 15) is 4.39 Å². The van der Waals surface area contributed by atoms with E-state index in [0.29, 0.717) is 13.2 Å². The molecular formula is C17H18FNO. The van der Waals surface area contributed by atoms with Gasteiger partial charge in [-0.1, -0.05) is 42.5 Å². The van der Waals surface area contributed by atoms with Gasteiger partial charge in [0.05, 0.1) is 18.2 Å². The van der Waals surface area contributed by atoms with Crippen LogP contribution in [0.3, 0.4) is 0 Å². The number of hydrogen-bond donors (Lipinski definition) is 1. The van der Waals surface area contributed by atoms with Gasteiger partial charge in [-0.05, 0) is 30.2 Å². The average molecular weight is 271 g/mol. The summed E-state index contributed by atoms with van der Waals surface area (Å²) in [5.74, 6) is -0.220. The smallest absolute Gasteiger partial charge is 0.123 e. The summed E-state index contributed by atoms with van der Waals surface area (Å²) >= 11 is 0. The van der Waals surface area contributed by atoms with Gasteiger partial charge in [0.15, 0.2) is 0 Å². The fraction of sp³-hybridized carbons (Fsp3) is 0.294. The number of halogens is 1. The SMILES string of the molecule is CC1(c2ccccc2)COC(c2cccc(F)c2)CN1. The first-order valence-corrected chi connectivity index (χ1v) is 6.85. The summed E-state index contributed by atoms with van der Waals surface area (Å²) in [4.78, 5) is 0. The van der Waals surface area contributed by atoms with Crippen LogP contribution >= 0.6 is 0 Å². The van der Waals surface area contributed by atoms with Gasteiger partial charge < -0.3 is 10.1 Å². The zero-order valence-corrected chi connectivity index (χ0v) is 11.5. The van der Waals surface area contributed by atoms with Crippen LogP contribution in [0, 0.1) is 5.82 Å². The average Bonchev–Trinajstić information content (AvgIpc) is 2.49. The first-order chi connectivity index (χ1) is 9.67. The van der Waals surface area contributed by atoms with Gasteiger partial charge in [-0.3, -0.25) is 0 Å². The Kier molecular flexibility index (Phi) is 3.55. The van der Waals surface area contributed by atoms with Crippen molar-refractivity contribution in [2.75, 3.05) is 13.2 Å². The predicted molar refractivity (Wildman–Crippen MR) is 76.9 cm³/mol. The lowest BCUT2D eigenvalue weighted by molar-refractivity contribution is -0.0309. The molecule has 1 fully saturated rings. The van der Waals surface area contributed by atoms with Crippen LogP contribution in [0.5, 0.6) is 0 Å². The van der Waals surface area contributed by atoms with Crippen LogP contribution in [0.2, 0.25) is 0 Å². The predicted octanol–water partition coefficient (Wildman–Crippen LogP) is 3.40. The molecule has 2 unspecified atom stereocenters. The van der Waals surface area contributed by atoms with Gasteiger partial charge in [-0.15, -0.1) is 0 Å². The summed E-state index contributed by atoms with van der Waals surface area (Å²) in [6.45, 7) is 3.37. The van der Waals surface area contributed by atoms with Crippen LogP contribution in [0.25, 0.3) is 0 Å². The second kappa shape index (κ2) is 5.35. The molecule has 0 amide bonds. The highest BCUT2D eigenvalue weighted by Gasteiger charge is 2.33. The lowest BCUT2D eigenvalue weighted by atomic mass is 9.90. The fourth-order valence-corrected chi connectivity index (χ4v) is 2.61. The van der Waals surface area contributed by atoms with Crippen molar-refractivity contribution in [2.24, 2.45) is 0 Å². The molecule has 3 rings (SSSR count). The van der Waals surface area contributed by atoms with Crippen LogP contribution in [0.1, 0.15) is 24.2 Å². The Morgan fingerprint density at radius 2 is 1.95 bits per heavy atom. The van der Waals surface area contributed by atoms with Gasteiger partial charge in [0.1, 0.15) is 5.82 Å². The van der Waals surface area contributed by atoms with E-state index < -0.39 is 0 Å². The van der Waals surface area contributed by atoms with E-state index in [0.717, 1.165) is 5.56 Å². The Morgan fingerprint density at radius 3 is 2.60 bits per heavy atom. The Bertz CT molecular complexity index is 577. The molecule has 20 heavy (non-hydrogen) atoms. The fourth-order valence-electron chi connectivity index (χ4n) is 2.61. The lowest BCUT2D eigenvalue weighted by Crippen LogP contribution is -2.50. The molecule has 0 radical (unpaired) electrons. The van der Waals surface area contributed by atoms with Gasteiger partial charge in [0, 0.05) is 6.54 Å². The number of hydrogen-bond acceptors (Lipinski definition) is 2. The van der Waals surface area contributed by atoms with Gasteiger partial charge in [-0.25, -0.2) is 4.39 Å². The molecule has 2 nitrogen and oxygen atoms in total. The Labute approximate surface area is 118 Å².